The van der Waals surface area contributed by atoms with E-state index in [9.17, 15) is 14.7 Å². The summed E-state index contributed by atoms with van der Waals surface area (Å²) in [6.45, 7) is 5.10. The number of esters is 2. The second-order valence-electron chi connectivity index (χ2n) is 15.6. The van der Waals surface area contributed by atoms with Crippen LogP contribution in [0.4, 0.5) is 0 Å². The first kappa shape index (κ1) is 43.3. The number of hydrogen-bond acceptors (Lipinski definition) is 12. The molecular formula is C50H50ClN3O9. The minimum atomic E-state index is -1.06. The van der Waals surface area contributed by atoms with E-state index in [1.54, 1.807) is 13.8 Å². The fourth-order valence-corrected chi connectivity index (χ4v) is 8.70. The topological polar surface area (TPSA) is 139 Å². The Morgan fingerprint density at radius 2 is 1.29 bits per heavy atom. The molecule has 8 rings (SSSR count). The van der Waals surface area contributed by atoms with Crippen LogP contribution in [0.3, 0.4) is 0 Å². The van der Waals surface area contributed by atoms with Gasteiger partial charge in [0.2, 0.25) is 23.5 Å². The molecule has 0 spiro atoms. The van der Waals surface area contributed by atoms with Crippen LogP contribution in [0.1, 0.15) is 72.1 Å². The molecule has 326 valence electrons. The Kier molecular flexibility index (Phi) is 13.0. The van der Waals surface area contributed by atoms with E-state index < -0.39 is 17.5 Å². The number of benzene rings is 3. The summed E-state index contributed by atoms with van der Waals surface area (Å²) in [5, 5.41) is 12.7. The van der Waals surface area contributed by atoms with Crippen LogP contribution in [0.5, 0.6) is 35.0 Å². The van der Waals surface area contributed by atoms with E-state index >= 15 is 0 Å². The van der Waals surface area contributed by atoms with Gasteiger partial charge in [0.05, 0.1) is 45.9 Å². The molecule has 2 aromatic heterocycles. The lowest BCUT2D eigenvalue weighted by atomic mass is 9.83. The van der Waals surface area contributed by atoms with Crippen LogP contribution in [-0.2, 0) is 50.3 Å². The molecule has 12 nitrogen and oxygen atoms in total. The number of fused-ring (bicyclic) bond motifs is 4. The second-order valence-corrected chi connectivity index (χ2v) is 16.1. The lowest BCUT2D eigenvalue weighted by Crippen LogP contribution is -2.42. The molecule has 0 saturated carbocycles. The number of ether oxygens (including phenoxy) is 6. The van der Waals surface area contributed by atoms with Crippen molar-refractivity contribution in [2.24, 2.45) is 0 Å². The van der Waals surface area contributed by atoms with Crippen LogP contribution in [0, 0.1) is 0 Å². The number of halogens is 1. The van der Waals surface area contributed by atoms with Crippen LogP contribution in [-0.4, -0.2) is 72.4 Å². The molecule has 0 atom stereocenters. The van der Waals surface area contributed by atoms with Crippen molar-refractivity contribution in [3.8, 4) is 35.0 Å². The molecule has 0 aliphatic carbocycles. The number of para-hydroxylation sites is 2. The standard InChI is InChI=1S/C50H50ClN3O9/c1-5-60-44(55)29-34-27-38-31(25-32-11-7-9-13-42(32)62-48(38)52-46(34)58-3)15-20-41(54-23-21-50(57,22-24-54)36-16-18-37(51)19-17-36)39-26-33-12-8-10-14-43(33)63-49-40(39)28-35(47(53-49)59-4)30-45(56)61-6-2/h7-19,27-28,57H,5-6,20-26,29-30H2,1-4H3. The number of pyridine rings is 2. The summed E-state index contributed by atoms with van der Waals surface area (Å²) in [7, 11) is 3.04. The zero-order valence-corrected chi connectivity index (χ0v) is 36.6. The van der Waals surface area contributed by atoms with E-state index in [0.29, 0.717) is 84.6 Å². The van der Waals surface area contributed by atoms with Gasteiger partial charge in [0.1, 0.15) is 11.5 Å². The SMILES string of the molecule is CCOC(=O)Cc1cc2c(nc1OC)Oc1ccccc1CC2=CCC(=C1Cc2ccccc2Oc2nc(OC)c(CC(=O)OCC)cc21)N1CCC(O)(c2ccc(Cl)cc2)CC1. The van der Waals surface area contributed by atoms with E-state index in [-0.39, 0.29) is 37.8 Å². The van der Waals surface area contributed by atoms with Crippen molar-refractivity contribution < 1.29 is 43.1 Å². The molecule has 5 heterocycles. The van der Waals surface area contributed by atoms with Crippen LogP contribution >= 0.6 is 11.6 Å². The Labute approximate surface area is 372 Å². The zero-order chi connectivity index (χ0) is 44.1. The lowest BCUT2D eigenvalue weighted by Gasteiger charge is -2.41. The molecule has 13 heteroatoms. The normalized spacial score (nSPS) is 16.4. The van der Waals surface area contributed by atoms with Gasteiger partial charge in [-0.2, -0.15) is 9.97 Å². The molecule has 0 radical (unpaired) electrons. The molecular weight excluding hydrogens is 822 g/mol. The Balaban J connectivity index is 1.31. The third-order valence-electron chi connectivity index (χ3n) is 11.7. The van der Waals surface area contributed by atoms with Gasteiger partial charge in [0.15, 0.2) is 0 Å². The highest BCUT2D eigenvalue weighted by Gasteiger charge is 2.36. The van der Waals surface area contributed by atoms with Crippen molar-refractivity contribution >= 4 is 34.7 Å². The smallest absolute Gasteiger partial charge is 0.310 e. The predicted octanol–water partition coefficient (Wildman–Crippen LogP) is 9.22. The molecule has 3 aromatic carbocycles. The Morgan fingerprint density at radius 1 is 0.762 bits per heavy atom. The lowest BCUT2D eigenvalue weighted by molar-refractivity contribution is -0.143. The van der Waals surface area contributed by atoms with Gasteiger partial charge in [-0.3, -0.25) is 9.59 Å². The molecule has 1 fully saturated rings. The van der Waals surface area contributed by atoms with Gasteiger partial charge in [0.25, 0.3) is 0 Å². The van der Waals surface area contributed by atoms with E-state index in [4.69, 9.17) is 50.0 Å². The minimum Gasteiger partial charge on any atom is -0.481 e. The summed E-state index contributed by atoms with van der Waals surface area (Å²) >= 11 is 6.25. The van der Waals surface area contributed by atoms with Crippen LogP contribution < -0.4 is 18.9 Å². The van der Waals surface area contributed by atoms with Crippen molar-refractivity contribution in [1.82, 2.24) is 14.9 Å². The number of aliphatic hydroxyl groups is 1. The summed E-state index contributed by atoms with van der Waals surface area (Å²) in [5.74, 6) is 1.80. The zero-order valence-electron chi connectivity index (χ0n) is 35.9. The molecule has 0 bridgehead atoms. The number of carbonyl (C=O) groups is 2. The first-order valence-corrected chi connectivity index (χ1v) is 21.6. The first-order valence-electron chi connectivity index (χ1n) is 21.2. The van der Waals surface area contributed by atoms with E-state index in [0.717, 1.165) is 44.7 Å². The van der Waals surface area contributed by atoms with Gasteiger partial charge in [-0.1, -0.05) is 66.2 Å². The molecule has 0 unspecified atom stereocenters. The highest BCUT2D eigenvalue weighted by atomic mass is 35.5. The molecule has 63 heavy (non-hydrogen) atoms. The van der Waals surface area contributed by atoms with Gasteiger partial charge in [-0.05, 0) is 90.9 Å². The van der Waals surface area contributed by atoms with Crippen LogP contribution in [0.15, 0.2) is 96.7 Å². The molecule has 3 aliphatic rings. The highest BCUT2D eigenvalue weighted by Crippen LogP contribution is 2.46. The monoisotopic (exact) mass is 871 g/mol. The first-order chi connectivity index (χ1) is 30.6. The van der Waals surface area contributed by atoms with Crippen LogP contribution in [0.25, 0.3) is 11.1 Å². The quantitative estimate of drug-likeness (QED) is 0.120. The highest BCUT2D eigenvalue weighted by molar-refractivity contribution is 6.30. The number of methoxy groups -OCH3 is 2. The maximum atomic E-state index is 13.0. The van der Waals surface area contributed by atoms with Crippen molar-refractivity contribution in [3.05, 3.63) is 141 Å². The second kappa shape index (κ2) is 18.9. The number of allylic oxidation sites excluding steroid dienone is 3. The maximum Gasteiger partial charge on any atom is 0.310 e. The fraction of sp³-hybridized carbons (Fsp3) is 0.320. The Hall–Kier alpha value is -6.37. The molecule has 0 amide bonds. The van der Waals surface area contributed by atoms with E-state index in [1.165, 1.54) is 14.2 Å². The summed E-state index contributed by atoms with van der Waals surface area (Å²) < 4.78 is 35.2. The van der Waals surface area contributed by atoms with Crippen molar-refractivity contribution in [3.63, 3.8) is 0 Å². The number of aromatic nitrogens is 2. The summed E-state index contributed by atoms with van der Waals surface area (Å²) in [5.41, 5.74) is 7.14. The minimum absolute atomic E-state index is 0.0298. The maximum absolute atomic E-state index is 13.0. The number of carbonyl (C=O) groups excluding carboxylic acids is 2. The van der Waals surface area contributed by atoms with Gasteiger partial charge in [-0.25, -0.2) is 0 Å². The fourth-order valence-electron chi connectivity index (χ4n) is 8.58. The number of hydrogen-bond donors (Lipinski definition) is 1. The Bertz CT molecular complexity index is 2580. The van der Waals surface area contributed by atoms with Crippen molar-refractivity contribution in [1.29, 1.82) is 0 Å². The van der Waals surface area contributed by atoms with Gasteiger partial charge in [0, 0.05) is 65.3 Å². The van der Waals surface area contributed by atoms with Gasteiger partial charge >= 0.3 is 11.9 Å². The average Bonchev–Trinajstić information content (AvgIpc) is 3.54. The number of nitrogens with zero attached hydrogens (tertiary/aromatic N) is 3. The van der Waals surface area contributed by atoms with Crippen molar-refractivity contribution in [2.75, 3.05) is 40.5 Å². The summed E-state index contributed by atoms with van der Waals surface area (Å²) in [6, 6.07) is 27.0. The number of piperidine rings is 1. The summed E-state index contributed by atoms with van der Waals surface area (Å²) in [4.78, 5) is 37.8. The molecule has 5 aromatic rings. The predicted molar refractivity (Wildman–Crippen MR) is 238 cm³/mol. The molecule has 3 aliphatic heterocycles. The summed E-state index contributed by atoms with van der Waals surface area (Å²) in [6.07, 6.45) is 4.48. The van der Waals surface area contributed by atoms with Crippen molar-refractivity contribution in [2.45, 2.75) is 64.4 Å². The van der Waals surface area contributed by atoms with E-state index in [2.05, 4.69) is 11.0 Å². The van der Waals surface area contributed by atoms with E-state index in [1.807, 2.05) is 84.9 Å². The Morgan fingerprint density at radius 3 is 1.84 bits per heavy atom. The molecule has 1 N–H and O–H groups in total. The van der Waals surface area contributed by atoms with Crippen LogP contribution in [0.2, 0.25) is 5.02 Å². The van der Waals surface area contributed by atoms with Gasteiger partial charge in [-0.15, -0.1) is 0 Å². The largest absolute Gasteiger partial charge is 0.481 e. The average molecular weight is 872 g/mol. The number of likely N-dealkylation sites (tertiary alicyclic amines) is 1. The number of rotatable bonds is 12. The third kappa shape index (κ3) is 9.38. The van der Waals surface area contributed by atoms with Gasteiger partial charge < -0.3 is 38.4 Å². The third-order valence-corrected chi connectivity index (χ3v) is 12.0. The molecule has 1 saturated heterocycles.